The summed E-state index contributed by atoms with van der Waals surface area (Å²) in [5.41, 5.74) is -0.363. The molecule has 0 bridgehead atoms. The van der Waals surface area contributed by atoms with Crippen molar-refractivity contribution in [2.24, 2.45) is 5.92 Å². The van der Waals surface area contributed by atoms with Gasteiger partial charge in [-0.1, -0.05) is 12.1 Å². The molecule has 1 aromatic heterocycles. The number of amides is 1. The van der Waals surface area contributed by atoms with Crippen molar-refractivity contribution >= 4 is 17.4 Å². The van der Waals surface area contributed by atoms with Gasteiger partial charge in [0.2, 0.25) is 6.29 Å². The predicted octanol–water partition coefficient (Wildman–Crippen LogP) is 3.99. The Kier molecular flexibility index (Phi) is 10.0. The predicted molar refractivity (Wildman–Crippen MR) is 131 cm³/mol. The Bertz CT molecular complexity index is 1110. The molecule has 0 saturated heterocycles. The molecule has 0 spiro atoms. The number of hydrogen-bond donors (Lipinski definition) is 3. The van der Waals surface area contributed by atoms with E-state index in [1.54, 1.807) is 13.0 Å². The fourth-order valence-electron chi connectivity index (χ4n) is 4.09. The van der Waals surface area contributed by atoms with Gasteiger partial charge in [0.15, 0.2) is 5.76 Å². The zero-order valence-corrected chi connectivity index (χ0v) is 20.6. The van der Waals surface area contributed by atoms with E-state index in [1.165, 1.54) is 24.3 Å². The van der Waals surface area contributed by atoms with E-state index in [-0.39, 0.29) is 43.7 Å². The second kappa shape index (κ2) is 13.2. The number of carbonyl (C=O) groups is 1. The van der Waals surface area contributed by atoms with E-state index in [0.29, 0.717) is 24.2 Å². The number of aromatic nitrogens is 1. The molecule has 0 aliphatic carbocycles. The van der Waals surface area contributed by atoms with Crippen molar-refractivity contribution < 1.29 is 37.5 Å². The number of anilines is 1. The zero-order chi connectivity index (χ0) is 27.7. The number of halogens is 3. The first-order chi connectivity index (χ1) is 18.1. The third kappa shape index (κ3) is 7.65. The highest BCUT2D eigenvalue weighted by atomic mass is 19.4. The summed E-state index contributed by atoms with van der Waals surface area (Å²) in [6.07, 6.45) is -1.74. The molecule has 1 aromatic carbocycles. The molecule has 3 N–H and O–H groups in total. The van der Waals surface area contributed by atoms with E-state index in [9.17, 15) is 33.2 Å². The molecule has 1 aliphatic heterocycles. The third-order valence-corrected chi connectivity index (χ3v) is 5.93. The van der Waals surface area contributed by atoms with Gasteiger partial charge in [0.25, 0.3) is 11.6 Å². The van der Waals surface area contributed by atoms with Crippen LogP contribution in [0.4, 0.5) is 24.7 Å². The smallest absolute Gasteiger partial charge is 0.416 e. The molecule has 0 fully saturated rings. The van der Waals surface area contributed by atoms with Gasteiger partial charge in [-0.25, -0.2) is 4.98 Å². The average molecular weight is 539 g/mol. The number of alkyl halides is 3. The maximum atomic E-state index is 13.1. The number of nitrogens with one attached hydrogen (secondary N) is 2. The number of rotatable bonds is 12. The van der Waals surface area contributed by atoms with E-state index < -0.39 is 34.8 Å². The minimum atomic E-state index is -4.47. The van der Waals surface area contributed by atoms with Crippen molar-refractivity contribution in [2.45, 2.75) is 38.1 Å². The molecule has 0 unspecified atom stereocenters. The Hall–Kier alpha value is -3.71. The van der Waals surface area contributed by atoms with Crippen LogP contribution in [0.5, 0.6) is 0 Å². The molecule has 2 heterocycles. The van der Waals surface area contributed by atoms with Crippen LogP contribution in [0.3, 0.4) is 0 Å². The maximum Gasteiger partial charge on any atom is 0.416 e. The van der Waals surface area contributed by atoms with Gasteiger partial charge in [-0.3, -0.25) is 14.9 Å². The second-order valence-corrected chi connectivity index (χ2v) is 8.49. The molecule has 1 amide bonds. The zero-order valence-electron chi connectivity index (χ0n) is 20.6. The van der Waals surface area contributed by atoms with Gasteiger partial charge in [0, 0.05) is 44.2 Å². The lowest BCUT2D eigenvalue weighted by Gasteiger charge is -2.37. The topological polar surface area (TPSA) is 136 Å². The standard InChI is InChI=1S/C25H29F3N4O6/c1-2-37-24-19(4-3-13-33)20(16-5-7-17(8-6-16)25(26,27)28)14-21(38-24)23(34)30-12-11-29-22-10-9-18(15-31-22)32(35)36/h5-10,14-15,19-20,24,33H,2-4,11-13H2,1H3,(H,29,31)(H,30,34)/t19-,20+,24+/m1/s1. The van der Waals surface area contributed by atoms with Crippen LogP contribution in [0.1, 0.15) is 36.8 Å². The number of nitro groups is 1. The highest BCUT2D eigenvalue weighted by molar-refractivity contribution is 5.91. The molecule has 206 valence electrons. The van der Waals surface area contributed by atoms with Crippen molar-refractivity contribution in [1.82, 2.24) is 10.3 Å². The number of ether oxygens (including phenoxy) is 2. The molecule has 10 nitrogen and oxygen atoms in total. The minimum absolute atomic E-state index is 0.0259. The third-order valence-electron chi connectivity index (χ3n) is 5.93. The minimum Gasteiger partial charge on any atom is -0.459 e. The SMILES string of the molecule is CCO[C@H]1OC(C(=O)NCCNc2ccc([N+](=O)[O-])cn2)=C[C@@H](c2ccc(C(F)(F)F)cc2)[C@H]1CCCO. The molecule has 3 rings (SSSR count). The van der Waals surface area contributed by atoms with Crippen LogP contribution in [0.15, 0.2) is 54.4 Å². The van der Waals surface area contributed by atoms with Gasteiger partial charge in [-0.2, -0.15) is 13.2 Å². The van der Waals surface area contributed by atoms with E-state index >= 15 is 0 Å². The van der Waals surface area contributed by atoms with Crippen LogP contribution in [0.2, 0.25) is 0 Å². The summed E-state index contributed by atoms with van der Waals surface area (Å²) >= 11 is 0. The summed E-state index contributed by atoms with van der Waals surface area (Å²) in [6, 6.07) is 7.49. The lowest BCUT2D eigenvalue weighted by Crippen LogP contribution is -2.39. The van der Waals surface area contributed by atoms with Crippen molar-refractivity contribution in [3.63, 3.8) is 0 Å². The molecule has 3 atom stereocenters. The van der Waals surface area contributed by atoms with Crippen molar-refractivity contribution in [3.05, 3.63) is 75.7 Å². The van der Waals surface area contributed by atoms with Crippen LogP contribution in [-0.2, 0) is 20.4 Å². The Balaban J connectivity index is 1.73. The van der Waals surface area contributed by atoms with E-state index in [4.69, 9.17) is 9.47 Å². The molecule has 0 saturated carbocycles. The van der Waals surface area contributed by atoms with Crippen molar-refractivity contribution in [2.75, 3.05) is 31.6 Å². The normalized spacial score (nSPS) is 19.3. The number of allylic oxidation sites excluding steroid dienone is 1. The molecular formula is C25H29F3N4O6. The molecule has 38 heavy (non-hydrogen) atoms. The second-order valence-electron chi connectivity index (χ2n) is 8.49. The molecule has 0 radical (unpaired) electrons. The monoisotopic (exact) mass is 538 g/mol. The Labute approximate surface area is 217 Å². The first-order valence-electron chi connectivity index (χ1n) is 12.0. The van der Waals surface area contributed by atoms with Crippen LogP contribution < -0.4 is 10.6 Å². The van der Waals surface area contributed by atoms with Crippen molar-refractivity contribution in [3.8, 4) is 0 Å². The Morgan fingerprint density at radius 3 is 2.53 bits per heavy atom. The highest BCUT2D eigenvalue weighted by Gasteiger charge is 2.38. The van der Waals surface area contributed by atoms with E-state index in [2.05, 4.69) is 15.6 Å². The number of pyridine rings is 1. The van der Waals surface area contributed by atoms with Crippen LogP contribution >= 0.6 is 0 Å². The largest absolute Gasteiger partial charge is 0.459 e. The summed E-state index contributed by atoms with van der Waals surface area (Å²) in [5, 5.41) is 25.7. The molecule has 13 heteroatoms. The van der Waals surface area contributed by atoms with Gasteiger partial charge in [-0.05, 0) is 49.6 Å². The average Bonchev–Trinajstić information content (AvgIpc) is 2.90. The van der Waals surface area contributed by atoms with E-state index in [0.717, 1.165) is 18.3 Å². The lowest BCUT2D eigenvalue weighted by atomic mass is 9.80. The Morgan fingerprint density at radius 2 is 1.95 bits per heavy atom. The number of carbonyl (C=O) groups excluding carboxylic acids is 1. The first-order valence-corrected chi connectivity index (χ1v) is 12.0. The molecule has 1 aliphatic rings. The number of benzene rings is 1. The summed E-state index contributed by atoms with van der Waals surface area (Å²) in [4.78, 5) is 27.0. The number of hydrogen-bond acceptors (Lipinski definition) is 8. The lowest BCUT2D eigenvalue weighted by molar-refractivity contribution is -0.385. The van der Waals surface area contributed by atoms with Gasteiger partial charge in [-0.15, -0.1) is 0 Å². The van der Waals surface area contributed by atoms with Gasteiger partial charge in [0.05, 0.1) is 10.5 Å². The summed E-state index contributed by atoms with van der Waals surface area (Å²) in [7, 11) is 0. The maximum absolute atomic E-state index is 13.1. The number of aliphatic hydroxyl groups is 1. The fourth-order valence-corrected chi connectivity index (χ4v) is 4.09. The van der Waals surface area contributed by atoms with Crippen molar-refractivity contribution in [1.29, 1.82) is 0 Å². The summed E-state index contributed by atoms with van der Waals surface area (Å²) in [5.74, 6) is -1.00. The fraction of sp³-hybridized carbons (Fsp3) is 0.440. The van der Waals surface area contributed by atoms with Crippen LogP contribution in [0.25, 0.3) is 0 Å². The quantitative estimate of drug-likeness (QED) is 0.210. The van der Waals surface area contributed by atoms with E-state index in [1.807, 2.05) is 0 Å². The highest BCUT2D eigenvalue weighted by Crippen LogP contribution is 2.40. The van der Waals surface area contributed by atoms with Gasteiger partial charge < -0.3 is 25.2 Å². The number of aliphatic hydroxyl groups excluding tert-OH is 1. The summed E-state index contributed by atoms with van der Waals surface area (Å²) in [6.45, 7) is 2.38. The first kappa shape index (κ1) is 28.9. The van der Waals surface area contributed by atoms with Crippen LogP contribution in [-0.4, -0.2) is 53.5 Å². The molecular weight excluding hydrogens is 509 g/mol. The summed E-state index contributed by atoms with van der Waals surface area (Å²) < 4.78 is 50.8. The molecule has 2 aromatic rings. The van der Waals surface area contributed by atoms with Crippen LogP contribution in [0, 0.1) is 16.0 Å². The Morgan fingerprint density at radius 1 is 1.21 bits per heavy atom. The van der Waals surface area contributed by atoms with Gasteiger partial charge >= 0.3 is 6.18 Å². The van der Waals surface area contributed by atoms with Gasteiger partial charge in [0.1, 0.15) is 12.0 Å². The number of nitrogens with zero attached hydrogens (tertiary/aromatic N) is 2.